The molecule has 1 atom stereocenters. The molecule has 1 unspecified atom stereocenters. The summed E-state index contributed by atoms with van der Waals surface area (Å²) in [7, 11) is 6.44. The smallest absolute Gasteiger partial charge is 0.0106 e. The summed E-state index contributed by atoms with van der Waals surface area (Å²) in [4.78, 5) is 4.63. The van der Waals surface area contributed by atoms with E-state index in [-0.39, 0.29) is 0 Å². The maximum absolute atomic E-state index is 3.38. The first-order chi connectivity index (χ1) is 6.56. The number of hydrogen-bond donors (Lipinski definition) is 1. The Balaban J connectivity index is 3.44. The number of nitrogens with one attached hydrogen (secondary N) is 1. The fourth-order valence-corrected chi connectivity index (χ4v) is 1.45. The van der Waals surface area contributed by atoms with E-state index in [4.69, 9.17) is 0 Å². The van der Waals surface area contributed by atoms with Gasteiger partial charge >= 0.3 is 0 Å². The maximum Gasteiger partial charge on any atom is 0.0106 e. The molecule has 3 heteroatoms. The van der Waals surface area contributed by atoms with Crippen molar-refractivity contribution in [3.05, 3.63) is 0 Å². The summed E-state index contributed by atoms with van der Waals surface area (Å²) in [5.41, 5.74) is 0. The van der Waals surface area contributed by atoms with E-state index < -0.39 is 0 Å². The van der Waals surface area contributed by atoms with Crippen LogP contribution in [0, 0.1) is 5.92 Å². The maximum atomic E-state index is 3.38. The highest BCUT2D eigenvalue weighted by atomic mass is 15.1. The molecule has 0 rings (SSSR count). The first kappa shape index (κ1) is 13.9. The van der Waals surface area contributed by atoms with Crippen molar-refractivity contribution in [1.29, 1.82) is 0 Å². The summed E-state index contributed by atoms with van der Waals surface area (Å²) in [6.45, 7) is 10.1. The third kappa shape index (κ3) is 8.48. The first-order valence-corrected chi connectivity index (χ1v) is 5.60. The summed E-state index contributed by atoms with van der Waals surface area (Å²) < 4.78 is 0. The van der Waals surface area contributed by atoms with Gasteiger partial charge in [-0.3, -0.25) is 0 Å². The fraction of sp³-hybridized carbons (Fsp3) is 1.00. The molecule has 0 aliphatic carbocycles. The van der Waals surface area contributed by atoms with Crippen LogP contribution in [-0.4, -0.2) is 63.7 Å². The average Bonchev–Trinajstić information content (AvgIpc) is 2.11. The van der Waals surface area contributed by atoms with Gasteiger partial charge in [0.05, 0.1) is 0 Å². The predicted octanol–water partition coefficient (Wildman–Crippen LogP) is 0.725. The van der Waals surface area contributed by atoms with Crippen molar-refractivity contribution in [1.82, 2.24) is 15.1 Å². The zero-order valence-electron chi connectivity index (χ0n) is 10.5. The van der Waals surface area contributed by atoms with Crippen LogP contribution >= 0.6 is 0 Å². The van der Waals surface area contributed by atoms with Crippen molar-refractivity contribution in [2.45, 2.75) is 13.8 Å². The lowest BCUT2D eigenvalue weighted by Crippen LogP contribution is -2.34. The van der Waals surface area contributed by atoms with Gasteiger partial charge in [0, 0.05) is 19.6 Å². The van der Waals surface area contributed by atoms with Gasteiger partial charge in [0.15, 0.2) is 0 Å². The van der Waals surface area contributed by atoms with Crippen molar-refractivity contribution < 1.29 is 0 Å². The lowest BCUT2D eigenvalue weighted by molar-refractivity contribution is 0.250. The molecular formula is C11H27N3. The van der Waals surface area contributed by atoms with Crippen LogP contribution < -0.4 is 5.32 Å². The minimum absolute atomic E-state index is 0.738. The fourth-order valence-electron chi connectivity index (χ4n) is 1.45. The second-order valence-corrected chi connectivity index (χ2v) is 4.48. The molecule has 0 aromatic heterocycles. The zero-order valence-corrected chi connectivity index (χ0v) is 10.5. The summed E-state index contributed by atoms with van der Waals surface area (Å²) in [5.74, 6) is 0.738. The van der Waals surface area contributed by atoms with Gasteiger partial charge in [0.2, 0.25) is 0 Å². The lowest BCUT2D eigenvalue weighted by atomic mass is 10.1. The van der Waals surface area contributed by atoms with Crippen LogP contribution in [0.2, 0.25) is 0 Å². The molecule has 14 heavy (non-hydrogen) atoms. The highest BCUT2D eigenvalue weighted by Gasteiger charge is 2.05. The SMILES string of the molecule is CCNCC(C)CN(C)CCN(C)C. The van der Waals surface area contributed by atoms with E-state index in [1.165, 1.54) is 6.54 Å². The molecule has 0 amide bonds. The Morgan fingerprint density at radius 2 is 1.79 bits per heavy atom. The van der Waals surface area contributed by atoms with E-state index in [0.717, 1.165) is 32.1 Å². The van der Waals surface area contributed by atoms with Crippen molar-refractivity contribution in [3.8, 4) is 0 Å². The zero-order chi connectivity index (χ0) is 11.0. The Kier molecular flexibility index (Phi) is 8.14. The Hall–Kier alpha value is -0.120. The number of hydrogen-bond acceptors (Lipinski definition) is 3. The highest BCUT2D eigenvalue weighted by molar-refractivity contribution is 4.62. The molecule has 0 aliphatic heterocycles. The van der Waals surface area contributed by atoms with E-state index in [0.29, 0.717) is 0 Å². The quantitative estimate of drug-likeness (QED) is 0.624. The molecule has 0 aromatic carbocycles. The van der Waals surface area contributed by atoms with Gasteiger partial charge in [-0.2, -0.15) is 0 Å². The average molecular weight is 201 g/mol. The number of nitrogens with zero attached hydrogens (tertiary/aromatic N) is 2. The first-order valence-electron chi connectivity index (χ1n) is 5.60. The van der Waals surface area contributed by atoms with Gasteiger partial charge in [-0.15, -0.1) is 0 Å². The van der Waals surface area contributed by atoms with Crippen molar-refractivity contribution in [2.24, 2.45) is 5.92 Å². The second kappa shape index (κ2) is 8.21. The lowest BCUT2D eigenvalue weighted by Gasteiger charge is -2.23. The molecule has 0 bridgehead atoms. The molecule has 0 aliphatic rings. The van der Waals surface area contributed by atoms with Crippen LogP contribution in [0.25, 0.3) is 0 Å². The molecule has 0 fully saturated rings. The molecule has 0 radical (unpaired) electrons. The van der Waals surface area contributed by atoms with Gasteiger partial charge in [-0.05, 0) is 40.2 Å². The van der Waals surface area contributed by atoms with E-state index >= 15 is 0 Å². The molecule has 86 valence electrons. The minimum atomic E-state index is 0.738. The Morgan fingerprint density at radius 3 is 2.29 bits per heavy atom. The Bertz CT molecular complexity index is 126. The third-order valence-electron chi connectivity index (χ3n) is 2.30. The molecule has 0 aromatic rings. The summed E-state index contributed by atoms with van der Waals surface area (Å²) in [6, 6.07) is 0. The standard InChI is InChI=1S/C11H27N3/c1-6-12-9-11(2)10-14(5)8-7-13(3)4/h11-12H,6-10H2,1-5H3. The van der Waals surface area contributed by atoms with Crippen LogP contribution in [0.5, 0.6) is 0 Å². The van der Waals surface area contributed by atoms with Crippen molar-refractivity contribution >= 4 is 0 Å². The Labute approximate surface area is 89.5 Å². The monoisotopic (exact) mass is 201 g/mol. The summed E-state index contributed by atoms with van der Waals surface area (Å²) in [6.07, 6.45) is 0. The summed E-state index contributed by atoms with van der Waals surface area (Å²) >= 11 is 0. The predicted molar refractivity (Wildman–Crippen MR) is 63.8 cm³/mol. The Morgan fingerprint density at radius 1 is 1.14 bits per heavy atom. The number of rotatable bonds is 8. The molecule has 0 saturated carbocycles. The van der Waals surface area contributed by atoms with Gasteiger partial charge in [0.25, 0.3) is 0 Å². The van der Waals surface area contributed by atoms with E-state index in [9.17, 15) is 0 Å². The normalized spacial score (nSPS) is 13.9. The van der Waals surface area contributed by atoms with Gasteiger partial charge < -0.3 is 15.1 Å². The van der Waals surface area contributed by atoms with Crippen LogP contribution in [0.15, 0.2) is 0 Å². The van der Waals surface area contributed by atoms with Gasteiger partial charge in [0.1, 0.15) is 0 Å². The third-order valence-corrected chi connectivity index (χ3v) is 2.30. The molecular weight excluding hydrogens is 174 g/mol. The van der Waals surface area contributed by atoms with Crippen molar-refractivity contribution in [2.75, 3.05) is 53.9 Å². The van der Waals surface area contributed by atoms with E-state index in [2.05, 4.69) is 50.1 Å². The summed E-state index contributed by atoms with van der Waals surface area (Å²) in [5, 5.41) is 3.38. The van der Waals surface area contributed by atoms with Crippen LogP contribution in [0.3, 0.4) is 0 Å². The largest absolute Gasteiger partial charge is 0.317 e. The van der Waals surface area contributed by atoms with Crippen LogP contribution in [0.4, 0.5) is 0 Å². The van der Waals surface area contributed by atoms with E-state index in [1.54, 1.807) is 0 Å². The van der Waals surface area contributed by atoms with Crippen LogP contribution in [-0.2, 0) is 0 Å². The molecule has 0 saturated heterocycles. The molecule has 0 heterocycles. The minimum Gasteiger partial charge on any atom is -0.317 e. The molecule has 0 spiro atoms. The van der Waals surface area contributed by atoms with Gasteiger partial charge in [-0.1, -0.05) is 13.8 Å². The topological polar surface area (TPSA) is 18.5 Å². The molecule has 1 N–H and O–H groups in total. The van der Waals surface area contributed by atoms with Crippen LogP contribution in [0.1, 0.15) is 13.8 Å². The van der Waals surface area contributed by atoms with E-state index in [1.807, 2.05) is 0 Å². The number of likely N-dealkylation sites (N-methyl/N-ethyl adjacent to an activating group) is 2. The van der Waals surface area contributed by atoms with Crippen molar-refractivity contribution in [3.63, 3.8) is 0 Å². The second-order valence-electron chi connectivity index (χ2n) is 4.48. The highest BCUT2D eigenvalue weighted by Crippen LogP contribution is 1.96. The molecule has 3 nitrogen and oxygen atoms in total. The van der Waals surface area contributed by atoms with Gasteiger partial charge in [-0.25, -0.2) is 0 Å².